The van der Waals surface area contributed by atoms with Crippen LogP contribution in [0.3, 0.4) is 0 Å². The van der Waals surface area contributed by atoms with Crippen molar-refractivity contribution < 1.29 is 23.5 Å². The summed E-state index contributed by atoms with van der Waals surface area (Å²) in [5.41, 5.74) is 6.56. The number of aryl methyl sites for hydroxylation is 1. The van der Waals surface area contributed by atoms with Gasteiger partial charge in [0.05, 0.1) is 10.7 Å². The number of fused-ring (bicyclic) bond motifs is 1. The SMILES string of the molecule is Cc1nc(Cc2ccc(F)cc2)sc1C(=O)NNC(=O)c1ccc2c(c1)OCO2. The van der Waals surface area contributed by atoms with Crippen molar-refractivity contribution in [1.82, 2.24) is 15.8 Å². The van der Waals surface area contributed by atoms with Crippen molar-refractivity contribution in [3.05, 3.63) is 75.0 Å². The number of carbonyl (C=O) groups is 2. The number of ether oxygens (including phenoxy) is 2. The number of nitrogens with zero attached hydrogens (tertiary/aromatic N) is 1. The third-order valence-electron chi connectivity index (χ3n) is 4.24. The van der Waals surface area contributed by atoms with E-state index in [2.05, 4.69) is 15.8 Å². The Morgan fingerprint density at radius 3 is 2.59 bits per heavy atom. The summed E-state index contributed by atoms with van der Waals surface area (Å²) < 4.78 is 23.5. The van der Waals surface area contributed by atoms with Gasteiger partial charge in [0.15, 0.2) is 11.5 Å². The molecule has 0 bridgehead atoms. The third-order valence-corrected chi connectivity index (χ3v) is 5.40. The van der Waals surface area contributed by atoms with E-state index < -0.39 is 11.8 Å². The number of thiazole rings is 1. The zero-order valence-corrected chi connectivity index (χ0v) is 16.1. The Labute approximate surface area is 169 Å². The van der Waals surface area contributed by atoms with Crippen LogP contribution in [0.1, 0.15) is 36.3 Å². The average molecular weight is 413 g/mol. The molecule has 1 aromatic heterocycles. The second-order valence-corrected chi connectivity index (χ2v) is 7.39. The molecule has 2 amide bonds. The molecule has 0 spiro atoms. The Morgan fingerprint density at radius 2 is 1.79 bits per heavy atom. The van der Waals surface area contributed by atoms with Crippen molar-refractivity contribution >= 4 is 23.2 Å². The summed E-state index contributed by atoms with van der Waals surface area (Å²) in [4.78, 5) is 29.5. The van der Waals surface area contributed by atoms with Crippen LogP contribution in [0.4, 0.5) is 4.39 Å². The van der Waals surface area contributed by atoms with E-state index in [9.17, 15) is 14.0 Å². The van der Waals surface area contributed by atoms with Gasteiger partial charge in [-0.2, -0.15) is 0 Å². The molecule has 148 valence electrons. The molecule has 0 fully saturated rings. The van der Waals surface area contributed by atoms with Crippen molar-refractivity contribution in [2.45, 2.75) is 13.3 Å². The van der Waals surface area contributed by atoms with Crippen LogP contribution in [0.15, 0.2) is 42.5 Å². The van der Waals surface area contributed by atoms with Crippen molar-refractivity contribution in [3.63, 3.8) is 0 Å². The highest BCUT2D eigenvalue weighted by Crippen LogP contribution is 2.32. The Hall–Kier alpha value is -3.46. The highest BCUT2D eigenvalue weighted by atomic mass is 32.1. The molecule has 0 saturated carbocycles. The summed E-state index contributed by atoms with van der Waals surface area (Å²) in [6.45, 7) is 1.83. The zero-order valence-electron chi connectivity index (χ0n) is 15.3. The molecule has 7 nitrogen and oxygen atoms in total. The van der Waals surface area contributed by atoms with Gasteiger partial charge in [-0.1, -0.05) is 12.1 Å². The number of rotatable bonds is 4. The fraction of sp³-hybridized carbons (Fsp3) is 0.150. The van der Waals surface area contributed by atoms with E-state index in [0.717, 1.165) is 10.6 Å². The Bertz CT molecular complexity index is 1080. The van der Waals surface area contributed by atoms with Gasteiger partial charge < -0.3 is 9.47 Å². The minimum absolute atomic E-state index is 0.113. The molecule has 2 heterocycles. The number of hydrogen-bond donors (Lipinski definition) is 2. The molecule has 2 aromatic carbocycles. The maximum atomic E-state index is 13.0. The van der Waals surface area contributed by atoms with Crippen LogP contribution in [0.5, 0.6) is 11.5 Å². The van der Waals surface area contributed by atoms with E-state index in [-0.39, 0.29) is 12.6 Å². The van der Waals surface area contributed by atoms with Gasteiger partial charge in [0.1, 0.15) is 10.7 Å². The Balaban J connectivity index is 1.39. The van der Waals surface area contributed by atoms with Crippen LogP contribution >= 0.6 is 11.3 Å². The van der Waals surface area contributed by atoms with E-state index in [4.69, 9.17) is 9.47 Å². The number of halogens is 1. The lowest BCUT2D eigenvalue weighted by Gasteiger charge is -2.07. The molecule has 0 saturated heterocycles. The molecule has 0 unspecified atom stereocenters. The van der Waals surface area contributed by atoms with E-state index in [0.29, 0.717) is 34.1 Å². The van der Waals surface area contributed by atoms with E-state index in [1.165, 1.54) is 23.5 Å². The normalized spacial score (nSPS) is 11.9. The van der Waals surface area contributed by atoms with Crippen LogP contribution in [0.2, 0.25) is 0 Å². The summed E-state index contributed by atoms with van der Waals surface area (Å²) >= 11 is 1.23. The fourth-order valence-electron chi connectivity index (χ4n) is 2.80. The van der Waals surface area contributed by atoms with Crippen LogP contribution in [0.25, 0.3) is 0 Å². The Kier molecular flexibility index (Phi) is 5.13. The standard InChI is InChI=1S/C20H16FN3O4S/c1-11-18(29-17(22-11)8-12-2-5-14(21)6-3-12)20(26)24-23-19(25)13-4-7-15-16(9-13)28-10-27-15/h2-7,9H,8,10H2,1H3,(H,23,25)(H,24,26). The van der Waals surface area contributed by atoms with Gasteiger partial charge in [0, 0.05) is 12.0 Å². The van der Waals surface area contributed by atoms with E-state index in [1.807, 2.05) is 0 Å². The maximum Gasteiger partial charge on any atom is 0.281 e. The number of nitrogens with one attached hydrogen (secondary N) is 2. The third kappa shape index (κ3) is 4.19. The predicted molar refractivity (Wildman–Crippen MR) is 104 cm³/mol. The number of aromatic nitrogens is 1. The molecule has 4 rings (SSSR count). The molecule has 0 radical (unpaired) electrons. The number of hydrogen-bond acceptors (Lipinski definition) is 6. The van der Waals surface area contributed by atoms with Crippen molar-refractivity contribution in [1.29, 1.82) is 0 Å². The second kappa shape index (κ2) is 7.88. The summed E-state index contributed by atoms with van der Waals surface area (Å²) in [6.07, 6.45) is 0.489. The van der Waals surface area contributed by atoms with Gasteiger partial charge in [-0.05, 0) is 42.8 Å². The lowest BCUT2D eigenvalue weighted by atomic mass is 10.1. The molecule has 29 heavy (non-hydrogen) atoms. The lowest BCUT2D eigenvalue weighted by molar-refractivity contribution is 0.0848. The van der Waals surface area contributed by atoms with E-state index >= 15 is 0 Å². The number of hydrazine groups is 1. The van der Waals surface area contributed by atoms with Gasteiger partial charge in [-0.15, -0.1) is 11.3 Å². The number of benzene rings is 2. The molecule has 0 aliphatic carbocycles. The topological polar surface area (TPSA) is 89.6 Å². The van der Waals surface area contributed by atoms with Crippen LogP contribution in [-0.2, 0) is 6.42 Å². The first-order valence-electron chi connectivity index (χ1n) is 8.70. The molecule has 9 heteroatoms. The minimum atomic E-state index is -0.481. The summed E-state index contributed by atoms with van der Waals surface area (Å²) in [5, 5.41) is 0.723. The van der Waals surface area contributed by atoms with Crippen LogP contribution < -0.4 is 20.3 Å². The van der Waals surface area contributed by atoms with Crippen molar-refractivity contribution in [2.75, 3.05) is 6.79 Å². The zero-order chi connectivity index (χ0) is 20.4. The molecule has 1 aliphatic rings. The molecule has 2 N–H and O–H groups in total. The van der Waals surface area contributed by atoms with Crippen LogP contribution in [0, 0.1) is 12.7 Å². The van der Waals surface area contributed by atoms with Crippen LogP contribution in [-0.4, -0.2) is 23.6 Å². The number of carbonyl (C=O) groups excluding carboxylic acids is 2. The molecule has 0 atom stereocenters. The lowest BCUT2D eigenvalue weighted by Crippen LogP contribution is -2.41. The van der Waals surface area contributed by atoms with Gasteiger partial charge in [-0.3, -0.25) is 20.4 Å². The van der Waals surface area contributed by atoms with E-state index in [1.54, 1.807) is 37.3 Å². The molecular weight excluding hydrogens is 397 g/mol. The molecular formula is C20H16FN3O4S. The van der Waals surface area contributed by atoms with Crippen molar-refractivity contribution in [3.8, 4) is 11.5 Å². The first-order chi connectivity index (χ1) is 14.0. The predicted octanol–water partition coefficient (Wildman–Crippen LogP) is 2.98. The summed E-state index contributed by atoms with van der Waals surface area (Å²) in [5.74, 6) is -0.195. The summed E-state index contributed by atoms with van der Waals surface area (Å²) in [7, 11) is 0. The number of amides is 2. The highest BCUT2D eigenvalue weighted by molar-refractivity contribution is 7.13. The quantitative estimate of drug-likeness (QED) is 0.642. The maximum absolute atomic E-state index is 13.0. The van der Waals surface area contributed by atoms with Gasteiger partial charge >= 0.3 is 0 Å². The highest BCUT2D eigenvalue weighted by Gasteiger charge is 2.19. The largest absolute Gasteiger partial charge is 0.454 e. The fourth-order valence-corrected chi connectivity index (χ4v) is 3.79. The monoisotopic (exact) mass is 413 g/mol. The van der Waals surface area contributed by atoms with Crippen molar-refractivity contribution in [2.24, 2.45) is 0 Å². The minimum Gasteiger partial charge on any atom is -0.454 e. The smallest absolute Gasteiger partial charge is 0.281 e. The first-order valence-corrected chi connectivity index (χ1v) is 9.52. The van der Waals surface area contributed by atoms with Gasteiger partial charge in [-0.25, -0.2) is 9.37 Å². The van der Waals surface area contributed by atoms with Gasteiger partial charge in [0.2, 0.25) is 6.79 Å². The summed E-state index contributed by atoms with van der Waals surface area (Å²) in [6, 6.07) is 10.9. The first kappa shape index (κ1) is 18.9. The second-order valence-electron chi connectivity index (χ2n) is 6.30. The molecule has 1 aliphatic heterocycles. The Morgan fingerprint density at radius 1 is 1.07 bits per heavy atom. The average Bonchev–Trinajstić information content (AvgIpc) is 3.33. The molecule has 3 aromatic rings. The van der Waals surface area contributed by atoms with Gasteiger partial charge in [0.25, 0.3) is 11.8 Å².